The average Bonchev–Trinajstić information content (AvgIpc) is 2.82. The number of halogens is 1. The van der Waals surface area contributed by atoms with Crippen LogP contribution < -0.4 is 4.74 Å². The van der Waals surface area contributed by atoms with Crippen molar-refractivity contribution in [2.24, 2.45) is 0 Å². The van der Waals surface area contributed by atoms with Crippen molar-refractivity contribution in [1.29, 1.82) is 0 Å². The Morgan fingerprint density at radius 1 is 1.14 bits per heavy atom. The maximum Gasteiger partial charge on any atom is 0.339 e. The molecule has 0 saturated heterocycles. The van der Waals surface area contributed by atoms with Crippen LogP contribution in [0.1, 0.15) is 15.2 Å². The van der Waals surface area contributed by atoms with Crippen molar-refractivity contribution in [3.63, 3.8) is 0 Å². The van der Waals surface area contributed by atoms with Gasteiger partial charge in [-0.05, 0) is 18.2 Å². The molecule has 0 bridgehead atoms. The number of carboxylic acids is 1. The van der Waals surface area contributed by atoms with Crippen LogP contribution in [0.15, 0.2) is 48.5 Å². The molecule has 1 aromatic heterocycles. The third kappa shape index (κ3) is 2.73. The minimum absolute atomic E-state index is 0.148. The fourth-order valence-electron chi connectivity index (χ4n) is 2.07. The molecule has 0 aliphatic rings. The van der Waals surface area contributed by atoms with E-state index in [4.69, 9.17) is 21.4 Å². The summed E-state index contributed by atoms with van der Waals surface area (Å²) < 4.78 is 6.73. The van der Waals surface area contributed by atoms with Crippen LogP contribution in [0.25, 0.3) is 10.1 Å². The largest absolute Gasteiger partial charge is 0.487 e. The van der Waals surface area contributed by atoms with E-state index in [0.717, 1.165) is 15.0 Å². The fraction of sp³-hybridized carbons (Fsp3) is 0.0625. The lowest BCUT2D eigenvalue weighted by molar-refractivity contribution is 0.0692. The van der Waals surface area contributed by atoms with Crippen molar-refractivity contribution in [1.82, 2.24) is 0 Å². The van der Waals surface area contributed by atoms with Gasteiger partial charge in [-0.2, -0.15) is 0 Å². The summed E-state index contributed by atoms with van der Waals surface area (Å²) >= 11 is 7.89. The van der Waals surface area contributed by atoms with Crippen LogP contribution in [0, 0.1) is 0 Å². The van der Waals surface area contributed by atoms with E-state index in [-0.39, 0.29) is 12.2 Å². The van der Waals surface area contributed by atoms with E-state index in [1.807, 2.05) is 24.3 Å². The molecule has 106 valence electrons. The monoisotopic (exact) mass is 318 g/mol. The van der Waals surface area contributed by atoms with Gasteiger partial charge in [0.05, 0.1) is 9.90 Å². The Hall–Kier alpha value is -2.04. The maximum absolute atomic E-state index is 11.1. The molecule has 0 spiro atoms. The predicted octanol–water partition coefficient (Wildman–Crippen LogP) is 4.83. The molecule has 0 unspecified atom stereocenters. The fourth-order valence-corrected chi connectivity index (χ4v) is 3.47. The second-order valence-electron chi connectivity index (χ2n) is 4.43. The van der Waals surface area contributed by atoms with Gasteiger partial charge >= 0.3 is 5.97 Å². The van der Waals surface area contributed by atoms with Crippen molar-refractivity contribution in [2.75, 3.05) is 0 Å². The van der Waals surface area contributed by atoms with Crippen LogP contribution in [0.5, 0.6) is 5.75 Å². The van der Waals surface area contributed by atoms with Gasteiger partial charge in [0.1, 0.15) is 17.9 Å². The van der Waals surface area contributed by atoms with Gasteiger partial charge in [0.2, 0.25) is 0 Å². The van der Waals surface area contributed by atoms with Crippen molar-refractivity contribution in [3.05, 3.63) is 64.0 Å². The van der Waals surface area contributed by atoms with Crippen molar-refractivity contribution in [3.8, 4) is 5.75 Å². The molecule has 1 N–H and O–H groups in total. The van der Waals surface area contributed by atoms with Crippen LogP contribution in [-0.2, 0) is 6.61 Å². The molecule has 2 aromatic carbocycles. The Bertz CT molecular complexity index is 810. The molecule has 21 heavy (non-hydrogen) atoms. The molecule has 5 heteroatoms. The number of carbonyl (C=O) groups is 1. The minimum atomic E-state index is -1.01. The molecule has 3 aromatic rings. The maximum atomic E-state index is 11.1. The molecule has 1 heterocycles. The van der Waals surface area contributed by atoms with E-state index in [1.54, 1.807) is 29.5 Å². The Morgan fingerprint density at radius 3 is 2.62 bits per heavy atom. The summed E-state index contributed by atoms with van der Waals surface area (Å²) in [6, 6.07) is 14.4. The zero-order valence-corrected chi connectivity index (χ0v) is 12.4. The highest BCUT2D eigenvalue weighted by molar-refractivity contribution is 7.19. The SMILES string of the molecule is O=C(O)c1ccccc1OCc1sc2ccccc2c1Cl. The normalized spacial score (nSPS) is 10.7. The molecule has 0 atom stereocenters. The molecular formula is C16H11ClO3S. The zero-order chi connectivity index (χ0) is 14.8. The van der Waals surface area contributed by atoms with Crippen LogP contribution in [-0.4, -0.2) is 11.1 Å². The number of aromatic carboxylic acids is 1. The lowest BCUT2D eigenvalue weighted by Crippen LogP contribution is -2.02. The van der Waals surface area contributed by atoms with E-state index < -0.39 is 5.97 Å². The highest BCUT2D eigenvalue weighted by Crippen LogP contribution is 2.35. The topological polar surface area (TPSA) is 46.5 Å². The summed E-state index contributed by atoms with van der Waals surface area (Å²) in [6.07, 6.45) is 0. The van der Waals surface area contributed by atoms with E-state index in [1.165, 1.54) is 6.07 Å². The van der Waals surface area contributed by atoms with Gasteiger partial charge in [0, 0.05) is 10.1 Å². The Morgan fingerprint density at radius 2 is 1.86 bits per heavy atom. The number of carboxylic acid groups (broad SMARTS) is 1. The van der Waals surface area contributed by atoms with Crippen molar-refractivity contribution < 1.29 is 14.6 Å². The molecule has 0 aliphatic carbocycles. The molecule has 0 amide bonds. The van der Waals surface area contributed by atoms with Gasteiger partial charge in [-0.1, -0.05) is 41.9 Å². The highest BCUT2D eigenvalue weighted by atomic mass is 35.5. The van der Waals surface area contributed by atoms with Gasteiger partial charge < -0.3 is 9.84 Å². The molecule has 3 rings (SSSR count). The third-order valence-corrected chi connectivity index (χ3v) is 4.77. The number of fused-ring (bicyclic) bond motifs is 1. The first-order chi connectivity index (χ1) is 10.2. The number of hydrogen-bond donors (Lipinski definition) is 1. The van der Waals surface area contributed by atoms with Crippen LogP contribution in [0.2, 0.25) is 5.02 Å². The summed E-state index contributed by atoms with van der Waals surface area (Å²) in [4.78, 5) is 12.0. The zero-order valence-electron chi connectivity index (χ0n) is 10.9. The van der Waals surface area contributed by atoms with Crippen LogP contribution in [0.3, 0.4) is 0 Å². The van der Waals surface area contributed by atoms with Crippen molar-refractivity contribution in [2.45, 2.75) is 6.61 Å². The van der Waals surface area contributed by atoms with Gasteiger partial charge in [-0.25, -0.2) is 4.79 Å². The standard InChI is InChI=1S/C16H11ClO3S/c17-15-11-6-2-4-8-13(11)21-14(15)9-20-12-7-3-1-5-10(12)16(18)19/h1-8H,9H2,(H,18,19). The summed E-state index contributed by atoms with van der Waals surface area (Å²) in [5.74, 6) is -0.661. The van der Waals surface area contributed by atoms with Crippen molar-refractivity contribution >= 4 is 39.0 Å². The molecular weight excluding hydrogens is 308 g/mol. The number of ether oxygens (including phenoxy) is 1. The Labute approximate surface area is 130 Å². The van der Waals surface area contributed by atoms with Crippen LogP contribution >= 0.6 is 22.9 Å². The minimum Gasteiger partial charge on any atom is -0.487 e. The number of thiophene rings is 1. The molecule has 0 radical (unpaired) electrons. The molecule has 0 aliphatic heterocycles. The predicted molar refractivity (Wildman–Crippen MR) is 84.6 cm³/mol. The lowest BCUT2D eigenvalue weighted by Gasteiger charge is -2.07. The summed E-state index contributed by atoms with van der Waals surface area (Å²) in [5, 5.41) is 10.8. The van der Waals surface area contributed by atoms with Crippen LogP contribution in [0.4, 0.5) is 0 Å². The number of benzene rings is 2. The average molecular weight is 319 g/mol. The van der Waals surface area contributed by atoms with E-state index in [0.29, 0.717) is 10.8 Å². The second kappa shape index (κ2) is 5.76. The van der Waals surface area contributed by atoms with Gasteiger partial charge in [-0.15, -0.1) is 11.3 Å². The quantitative estimate of drug-likeness (QED) is 0.749. The smallest absolute Gasteiger partial charge is 0.339 e. The Balaban J connectivity index is 1.87. The van der Waals surface area contributed by atoms with Gasteiger partial charge in [0.25, 0.3) is 0 Å². The summed E-state index contributed by atoms with van der Waals surface area (Å²) in [6.45, 7) is 0.252. The summed E-state index contributed by atoms with van der Waals surface area (Å²) in [7, 11) is 0. The van der Waals surface area contributed by atoms with E-state index >= 15 is 0 Å². The lowest BCUT2D eigenvalue weighted by atomic mass is 10.2. The first-order valence-corrected chi connectivity index (χ1v) is 7.47. The first-order valence-electron chi connectivity index (χ1n) is 6.28. The number of rotatable bonds is 4. The molecule has 0 saturated carbocycles. The van der Waals surface area contributed by atoms with E-state index in [2.05, 4.69) is 0 Å². The molecule has 0 fully saturated rings. The second-order valence-corrected chi connectivity index (χ2v) is 5.94. The summed E-state index contributed by atoms with van der Waals surface area (Å²) in [5.41, 5.74) is 0.148. The van der Waals surface area contributed by atoms with Gasteiger partial charge in [-0.3, -0.25) is 0 Å². The number of para-hydroxylation sites is 1. The third-order valence-electron chi connectivity index (χ3n) is 3.08. The number of hydrogen-bond acceptors (Lipinski definition) is 3. The molecule has 3 nitrogen and oxygen atoms in total. The van der Waals surface area contributed by atoms with Gasteiger partial charge in [0.15, 0.2) is 0 Å². The highest BCUT2D eigenvalue weighted by Gasteiger charge is 2.13. The Kier molecular flexibility index (Phi) is 3.82. The van der Waals surface area contributed by atoms with E-state index in [9.17, 15) is 4.79 Å². The first kappa shape index (κ1) is 13.9.